The molecule has 4 rings (SSSR count). The second-order valence-corrected chi connectivity index (χ2v) is 7.22. The second-order valence-electron chi connectivity index (χ2n) is 7.22. The maximum atomic E-state index is 12.5. The number of amides is 1. The molecule has 0 spiro atoms. The number of esters is 1. The molecule has 0 aliphatic carbocycles. The average Bonchev–Trinajstić information content (AvgIpc) is 3.13. The van der Waals surface area contributed by atoms with Crippen LogP contribution in [0.4, 0.5) is 0 Å². The van der Waals surface area contributed by atoms with Gasteiger partial charge in [-0.2, -0.15) is 4.99 Å². The minimum Gasteiger partial charge on any atom is -0.490 e. The zero-order valence-electron chi connectivity index (χ0n) is 17.8. The van der Waals surface area contributed by atoms with Gasteiger partial charge >= 0.3 is 5.97 Å². The van der Waals surface area contributed by atoms with E-state index in [0.29, 0.717) is 29.2 Å². The fraction of sp³-hybridized carbons (Fsp3) is 0.167. The minimum absolute atomic E-state index is 0.0730. The number of aliphatic imine (C=N–C) groups is 1. The Balaban J connectivity index is 1.61. The number of nitrogens with zero attached hydrogens (tertiary/aromatic N) is 2. The first-order valence-corrected chi connectivity index (χ1v) is 10.0. The SMILES string of the molecule is CCOc1cc(/C=C2/C(=N)N3OC(C)=CC3=NC2=O)ccc1OC(=O)c1cccc(C)c1. The number of fused-ring (bicyclic) bond motifs is 1. The molecule has 2 aliphatic heterocycles. The molecule has 0 saturated heterocycles. The molecule has 0 atom stereocenters. The van der Waals surface area contributed by atoms with E-state index in [4.69, 9.17) is 19.7 Å². The first kappa shape index (κ1) is 21.0. The molecule has 1 N–H and O–H groups in total. The van der Waals surface area contributed by atoms with Gasteiger partial charge in [0.2, 0.25) is 0 Å². The molecule has 0 bridgehead atoms. The lowest BCUT2D eigenvalue weighted by Gasteiger charge is -2.23. The van der Waals surface area contributed by atoms with Crippen molar-refractivity contribution in [3.8, 4) is 11.5 Å². The molecule has 2 heterocycles. The smallest absolute Gasteiger partial charge is 0.343 e. The lowest BCUT2D eigenvalue weighted by atomic mass is 10.1. The zero-order valence-corrected chi connectivity index (χ0v) is 17.8. The van der Waals surface area contributed by atoms with Gasteiger partial charge < -0.3 is 14.3 Å². The fourth-order valence-corrected chi connectivity index (χ4v) is 3.27. The summed E-state index contributed by atoms with van der Waals surface area (Å²) in [7, 11) is 0. The van der Waals surface area contributed by atoms with Crippen LogP contribution in [0.2, 0.25) is 0 Å². The molecule has 2 aromatic carbocycles. The number of ether oxygens (including phenoxy) is 2. The van der Waals surface area contributed by atoms with Crippen molar-refractivity contribution >= 4 is 29.6 Å². The molecule has 32 heavy (non-hydrogen) atoms. The average molecular weight is 431 g/mol. The van der Waals surface area contributed by atoms with E-state index in [2.05, 4.69) is 4.99 Å². The van der Waals surface area contributed by atoms with Crippen molar-refractivity contribution in [3.63, 3.8) is 0 Å². The van der Waals surface area contributed by atoms with Crippen LogP contribution in [-0.4, -0.2) is 35.2 Å². The summed E-state index contributed by atoms with van der Waals surface area (Å²) in [6.45, 7) is 5.78. The van der Waals surface area contributed by atoms with E-state index in [9.17, 15) is 9.59 Å². The van der Waals surface area contributed by atoms with E-state index < -0.39 is 11.9 Å². The molecule has 0 saturated carbocycles. The molecule has 2 aliphatic rings. The number of hydrogen-bond donors (Lipinski definition) is 1. The van der Waals surface area contributed by atoms with Crippen molar-refractivity contribution in [1.82, 2.24) is 5.06 Å². The third-order valence-electron chi connectivity index (χ3n) is 4.72. The van der Waals surface area contributed by atoms with Gasteiger partial charge in [0.1, 0.15) is 5.76 Å². The summed E-state index contributed by atoms with van der Waals surface area (Å²) in [5, 5.41) is 9.52. The Hall–Kier alpha value is -4.20. The maximum Gasteiger partial charge on any atom is 0.343 e. The number of carbonyl (C=O) groups excluding carboxylic acids is 2. The number of benzene rings is 2. The second kappa shape index (κ2) is 8.50. The van der Waals surface area contributed by atoms with E-state index >= 15 is 0 Å². The third-order valence-corrected chi connectivity index (χ3v) is 4.72. The molecule has 1 amide bonds. The van der Waals surface area contributed by atoms with E-state index in [1.807, 2.05) is 19.9 Å². The number of rotatable bonds is 5. The van der Waals surface area contributed by atoms with Crippen LogP contribution in [0.3, 0.4) is 0 Å². The maximum absolute atomic E-state index is 12.5. The lowest BCUT2D eigenvalue weighted by molar-refractivity contribution is -0.114. The number of allylic oxidation sites excluding steroid dienone is 1. The lowest BCUT2D eigenvalue weighted by Crippen LogP contribution is -2.38. The highest BCUT2D eigenvalue weighted by atomic mass is 16.7. The quantitative estimate of drug-likeness (QED) is 0.435. The minimum atomic E-state index is -0.538. The standard InChI is InChI=1S/C24H21N3O5/c1-4-30-20-13-16(8-9-19(20)31-24(29)17-7-5-6-14(2)10-17)12-18-22(25)27-21(26-23(18)28)11-15(3)32-27/h5-13,25H,4H2,1-3H3/b18-12-,25-22?. The summed E-state index contributed by atoms with van der Waals surface area (Å²) in [6.07, 6.45) is 3.12. The predicted octanol–water partition coefficient (Wildman–Crippen LogP) is 4.06. The topological polar surface area (TPSA) is 101 Å². The molecule has 162 valence electrons. The first-order valence-electron chi connectivity index (χ1n) is 10.0. The van der Waals surface area contributed by atoms with Crippen molar-refractivity contribution in [3.05, 3.63) is 76.6 Å². The van der Waals surface area contributed by atoms with Gasteiger partial charge in [0.05, 0.1) is 17.7 Å². The van der Waals surface area contributed by atoms with Gasteiger partial charge in [0.25, 0.3) is 5.91 Å². The van der Waals surface area contributed by atoms with Gasteiger partial charge in [-0.25, -0.2) is 4.79 Å². The highest BCUT2D eigenvalue weighted by Gasteiger charge is 2.34. The Morgan fingerprint density at radius 1 is 1.19 bits per heavy atom. The van der Waals surface area contributed by atoms with Crippen LogP contribution in [0, 0.1) is 12.3 Å². The Bertz CT molecular complexity index is 1230. The van der Waals surface area contributed by atoms with Crippen molar-refractivity contribution in [1.29, 1.82) is 5.41 Å². The van der Waals surface area contributed by atoms with Crippen LogP contribution < -0.4 is 9.47 Å². The molecule has 0 fully saturated rings. The molecule has 8 nitrogen and oxygen atoms in total. The zero-order chi connectivity index (χ0) is 22.8. The van der Waals surface area contributed by atoms with E-state index in [1.165, 1.54) is 11.1 Å². The molecular formula is C24H21N3O5. The molecule has 2 aromatic rings. The highest BCUT2D eigenvalue weighted by molar-refractivity contribution is 6.32. The Morgan fingerprint density at radius 2 is 2.00 bits per heavy atom. The van der Waals surface area contributed by atoms with Crippen LogP contribution in [0.5, 0.6) is 11.5 Å². The monoisotopic (exact) mass is 431 g/mol. The van der Waals surface area contributed by atoms with Crippen molar-refractivity contribution < 1.29 is 23.9 Å². The summed E-state index contributed by atoms with van der Waals surface area (Å²) >= 11 is 0. The summed E-state index contributed by atoms with van der Waals surface area (Å²) in [4.78, 5) is 34.4. The fourth-order valence-electron chi connectivity index (χ4n) is 3.27. The van der Waals surface area contributed by atoms with Crippen LogP contribution in [-0.2, 0) is 9.63 Å². The van der Waals surface area contributed by atoms with Gasteiger partial charge in [-0.05, 0) is 56.7 Å². The first-order chi connectivity index (χ1) is 15.4. The van der Waals surface area contributed by atoms with Crippen molar-refractivity contribution in [2.45, 2.75) is 20.8 Å². The van der Waals surface area contributed by atoms with Gasteiger partial charge in [0, 0.05) is 6.08 Å². The Morgan fingerprint density at radius 3 is 2.75 bits per heavy atom. The Labute approximate surface area is 184 Å². The number of hydroxylamine groups is 2. The summed E-state index contributed by atoms with van der Waals surface area (Å²) in [5.41, 5.74) is 2.04. The molecule has 0 unspecified atom stereocenters. The number of amidine groups is 2. The van der Waals surface area contributed by atoms with Crippen LogP contribution in [0.25, 0.3) is 6.08 Å². The predicted molar refractivity (Wildman–Crippen MR) is 119 cm³/mol. The Kier molecular flexibility index (Phi) is 5.59. The van der Waals surface area contributed by atoms with Gasteiger partial charge in [0.15, 0.2) is 23.2 Å². The molecule has 0 aromatic heterocycles. The van der Waals surface area contributed by atoms with Gasteiger partial charge in [-0.1, -0.05) is 23.8 Å². The summed E-state index contributed by atoms with van der Waals surface area (Å²) in [5.74, 6) is 0.278. The summed E-state index contributed by atoms with van der Waals surface area (Å²) in [6, 6.07) is 12.0. The van der Waals surface area contributed by atoms with Crippen molar-refractivity contribution in [2.24, 2.45) is 4.99 Å². The van der Waals surface area contributed by atoms with Gasteiger partial charge in [-0.3, -0.25) is 10.2 Å². The van der Waals surface area contributed by atoms with Crippen LogP contribution >= 0.6 is 0 Å². The van der Waals surface area contributed by atoms with Gasteiger partial charge in [-0.15, -0.1) is 5.06 Å². The number of carbonyl (C=O) groups is 2. The number of nitrogens with one attached hydrogen (secondary N) is 1. The summed E-state index contributed by atoms with van der Waals surface area (Å²) < 4.78 is 11.2. The molecule has 8 heteroatoms. The number of aryl methyl sites for hydroxylation is 1. The molecule has 0 radical (unpaired) electrons. The van der Waals surface area contributed by atoms with Crippen LogP contribution in [0.1, 0.15) is 35.3 Å². The van der Waals surface area contributed by atoms with E-state index in [0.717, 1.165) is 5.56 Å². The third kappa shape index (κ3) is 4.15. The molecular weight excluding hydrogens is 410 g/mol. The number of hydrogen-bond acceptors (Lipinski definition) is 6. The van der Waals surface area contributed by atoms with Crippen LogP contribution in [0.15, 0.2) is 64.9 Å². The highest BCUT2D eigenvalue weighted by Crippen LogP contribution is 2.31. The van der Waals surface area contributed by atoms with Crippen molar-refractivity contribution in [2.75, 3.05) is 6.61 Å². The van der Waals surface area contributed by atoms with E-state index in [1.54, 1.807) is 49.4 Å². The largest absolute Gasteiger partial charge is 0.490 e. The normalized spacial score (nSPS) is 16.3. The van der Waals surface area contributed by atoms with E-state index in [-0.39, 0.29) is 23.0 Å².